The van der Waals surface area contributed by atoms with Crippen LogP contribution in [0.25, 0.3) is 0 Å². The smallest absolute Gasteiger partial charge is 0.307 e. The molecule has 2 atom stereocenters. The Morgan fingerprint density at radius 3 is 2.33 bits per heavy atom. The van der Waals surface area contributed by atoms with Gasteiger partial charge in [-0.1, -0.05) is 37.1 Å². The van der Waals surface area contributed by atoms with Gasteiger partial charge in [-0.05, 0) is 39.0 Å². The van der Waals surface area contributed by atoms with Gasteiger partial charge in [0.05, 0.1) is 19.4 Å². The summed E-state index contributed by atoms with van der Waals surface area (Å²) < 4.78 is 4.56. The molecule has 21 heavy (non-hydrogen) atoms. The van der Waals surface area contributed by atoms with E-state index in [1.54, 1.807) is 0 Å². The van der Waals surface area contributed by atoms with Gasteiger partial charge in [-0.15, -0.1) is 0 Å². The third kappa shape index (κ3) is 8.33. The summed E-state index contributed by atoms with van der Waals surface area (Å²) >= 11 is 0. The molecule has 1 N–H and O–H groups in total. The minimum Gasteiger partial charge on any atom is -0.481 e. The van der Waals surface area contributed by atoms with Crippen LogP contribution in [-0.2, 0) is 14.3 Å². The van der Waals surface area contributed by atoms with Crippen LogP contribution in [0.5, 0.6) is 0 Å². The fraction of sp³-hybridized carbons (Fsp3) is 0.647. The summed E-state index contributed by atoms with van der Waals surface area (Å²) in [6, 6.07) is 0. The van der Waals surface area contributed by atoms with E-state index < -0.39 is 17.9 Å². The van der Waals surface area contributed by atoms with Crippen molar-refractivity contribution in [2.24, 2.45) is 11.8 Å². The average molecular weight is 296 g/mol. The standard InChI is InChI=1S/C17H28O4/c1-6-12(2)8-7-9-13(3)10-14(4)15(17(19)20)11-16(18)21-5/h8,10,14-15H,6-7,9,11H2,1-5H3,(H,19,20)/b12-8?,13-10+. The molecule has 2 unspecified atom stereocenters. The highest BCUT2D eigenvalue weighted by Crippen LogP contribution is 2.21. The lowest BCUT2D eigenvalue weighted by Gasteiger charge is -2.17. The maximum absolute atomic E-state index is 11.3. The summed E-state index contributed by atoms with van der Waals surface area (Å²) in [7, 11) is 1.27. The molecule has 0 aliphatic carbocycles. The summed E-state index contributed by atoms with van der Waals surface area (Å²) in [6.45, 7) is 8.07. The number of allylic oxidation sites excluding steroid dienone is 4. The van der Waals surface area contributed by atoms with Gasteiger partial charge in [-0.25, -0.2) is 0 Å². The van der Waals surface area contributed by atoms with Crippen molar-refractivity contribution < 1.29 is 19.4 Å². The summed E-state index contributed by atoms with van der Waals surface area (Å²) in [6.07, 6.45) is 7.00. The summed E-state index contributed by atoms with van der Waals surface area (Å²) in [5.74, 6) is -2.38. The molecule has 0 heterocycles. The van der Waals surface area contributed by atoms with Crippen LogP contribution >= 0.6 is 0 Å². The van der Waals surface area contributed by atoms with E-state index in [4.69, 9.17) is 0 Å². The predicted molar refractivity (Wildman–Crippen MR) is 84.0 cm³/mol. The number of carboxylic acids is 1. The fourth-order valence-corrected chi connectivity index (χ4v) is 2.10. The van der Waals surface area contributed by atoms with Crippen LogP contribution in [0.4, 0.5) is 0 Å². The predicted octanol–water partition coefficient (Wildman–Crippen LogP) is 3.97. The maximum Gasteiger partial charge on any atom is 0.307 e. The molecule has 0 saturated carbocycles. The minimum atomic E-state index is -0.960. The number of ether oxygens (including phenoxy) is 1. The Morgan fingerprint density at radius 1 is 1.24 bits per heavy atom. The van der Waals surface area contributed by atoms with E-state index in [-0.39, 0.29) is 12.3 Å². The number of aliphatic carboxylic acids is 1. The molecule has 0 rings (SSSR count). The quantitative estimate of drug-likeness (QED) is 0.516. The molecule has 0 radical (unpaired) electrons. The Morgan fingerprint density at radius 2 is 1.86 bits per heavy atom. The van der Waals surface area contributed by atoms with Gasteiger partial charge < -0.3 is 9.84 Å². The third-order valence-electron chi connectivity index (χ3n) is 3.70. The molecule has 0 aromatic heterocycles. The Bertz CT molecular complexity index is 407. The van der Waals surface area contributed by atoms with E-state index in [1.165, 1.54) is 12.7 Å². The Kier molecular flexibility index (Phi) is 9.42. The van der Waals surface area contributed by atoms with Gasteiger partial charge in [-0.3, -0.25) is 9.59 Å². The Balaban J connectivity index is 4.64. The zero-order valence-corrected chi connectivity index (χ0v) is 13.8. The van der Waals surface area contributed by atoms with E-state index in [0.29, 0.717) is 0 Å². The number of carbonyl (C=O) groups is 2. The second-order valence-corrected chi connectivity index (χ2v) is 5.54. The normalized spacial score (nSPS) is 15.5. The molecule has 0 aliphatic rings. The summed E-state index contributed by atoms with van der Waals surface area (Å²) in [5.41, 5.74) is 2.52. The number of hydrogen-bond donors (Lipinski definition) is 1. The van der Waals surface area contributed by atoms with Crippen molar-refractivity contribution in [3.05, 3.63) is 23.3 Å². The molecule has 4 nitrogen and oxygen atoms in total. The van der Waals surface area contributed by atoms with Crippen molar-refractivity contribution in [2.45, 2.75) is 53.4 Å². The van der Waals surface area contributed by atoms with Crippen LogP contribution in [0, 0.1) is 11.8 Å². The lowest BCUT2D eigenvalue weighted by atomic mass is 9.89. The maximum atomic E-state index is 11.3. The van der Waals surface area contributed by atoms with Crippen LogP contribution in [0.3, 0.4) is 0 Å². The highest BCUT2D eigenvalue weighted by atomic mass is 16.5. The molecule has 0 aliphatic heterocycles. The van der Waals surface area contributed by atoms with E-state index in [9.17, 15) is 14.7 Å². The molecule has 0 aromatic rings. The van der Waals surface area contributed by atoms with Crippen LogP contribution < -0.4 is 0 Å². The van der Waals surface area contributed by atoms with Crippen LogP contribution in [-0.4, -0.2) is 24.2 Å². The van der Waals surface area contributed by atoms with Crippen molar-refractivity contribution in [1.29, 1.82) is 0 Å². The second-order valence-electron chi connectivity index (χ2n) is 5.54. The van der Waals surface area contributed by atoms with Crippen molar-refractivity contribution in [2.75, 3.05) is 7.11 Å². The first kappa shape index (κ1) is 19.4. The largest absolute Gasteiger partial charge is 0.481 e. The van der Waals surface area contributed by atoms with Crippen LogP contribution in [0.15, 0.2) is 23.3 Å². The minimum absolute atomic E-state index is 0.0916. The van der Waals surface area contributed by atoms with Crippen LogP contribution in [0.2, 0.25) is 0 Å². The highest BCUT2D eigenvalue weighted by Gasteiger charge is 2.26. The van der Waals surface area contributed by atoms with Crippen molar-refractivity contribution in [1.82, 2.24) is 0 Å². The second kappa shape index (κ2) is 10.2. The van der Waals surface area contributed by atoms with Gasteiger partial charge in [-0.2, -0.15) is 0 Å². The molecule has 0 spiro atoms. The number of carbonyl (C=O) groups excluding carboxylic acids is 1. The topological polar surface area (TPSA) is 63.6 Å². The molecular formula is C17H28O4. The van der Waals surface area contributed by atoms with E-state index in [1.807, 2.05) is 19.9 Å². The first-order valence-electron chi connectivity index (χ1n) is 7.44. The van der Waals surface area contributed by atoms with E-state index in [0.717, 1.165) is 24.8 Å². The molecule has 0 bridgehead atoms. The Labute approximate surface area is 127 Å². The first-order valence-corrected chi connectivity index (χ1v) is 7.44. The monoisotopic (exact) mass is 296 g/mol. The van der Waals surface area contributed by atoms with Crippen molar-refractivity contribution >= 4 is 11.9 Å². The molecule has 4 heteroatoms. The Hall–Kier alpha value is -1.58. The van der Waals surface area contributed by atoms with Gasteiger partial charge in [0, 0.05) is 0 Å². The highest BCUT2D eigenvalue weighted by molar-refractivity contribution is 5.79. The van der Waals surface area contributed by atoms with Crippen molar-refractivity contribution in [3.63, 3.8) is 0 Å². The summed E-state index contributed by atoms with van der Waals surface area (Å²) in [5, 5.41) is 9.24. The summed E-state index contributed by atoms with van der Waals surface area (Å²) in [4.78, 5) is 22.6. The zero-order valence-electron chi connectivity index (χ0n) is 13.8. The number of esters is 1. The molecule has 0 fully saturated rings. The fourth-order valence-electron chi connectivity index (χ4n) is 2.10. The number of methoxy groups -OCH3 is 1. The average Bonchev–Trinajstić information content (AvgIpc) is 2.43. The lowest BCUT2D eigenvalue weighted by Crippen LogP contribution is -2.24. The van der Waals surface area contributed by atoms with E-state index in [2.05, 4.69) is 24.7 Å². The number of rotatable bonds is 9. The molecule has 0 aromatic carbocycles. The van der Waals surface area contributed by atoms with Gasteiger partial charge >= 0.3 is 11.9 Å². The lowest BCUT2D eigenvalue weighted by molar-refractivity contribution is -0.151. The first-order chi connectivity index (χ1) is 9.81. The van der Waals surface area contributed by atoms with Gasteiger partial charge in [0.15, 0.2) is 0 Å². The SMILES string of the molecule is CCC(C)=CCC/C(C)=C/C(C)C(CC(=O)OC)C(=O)O. The number of carboxylic acid groups (broad SMARTS) is 1. The van der Waals surface area contributed by atoms with Crippen molar-refractivity contribution in [3.8, 4) is 0 Å². The van der Waals surface area contributed by atoms with Gasteiger partial charge in [0.1, 0.15) is 0 Å². The van der Waals surface area contributed by atoms with Gasteiger partial charge in [0.2, 0.25) is 0 Å². The zero-order chi connectivity index (χ0) is 16.4. The molecule has 120 valence electrons. The van der Waals surface area contributed by atoms with Crippen LogP contribution in [0.1, 0.15) is 53.4 Å². The van der Waals surface area contributed by atoms with E-state index >= 15 is 0 Å². The molecule has 0 saturated heterocycles. The number of hydrogen-bond acceptors (Lipinski definition) is 3. The third-order valence-corrected chi connectivity index (χ3v) is 3.70. The molecule has 0 amide bonds. The molecular weight excluding hydrogens is 268 g/mol. The van der Waals surface area contributed by atoms with Gasteiger partial charge in [0.25, 0.3) is 0 Å².